The molecule has 1 aromatic rings. The van der Waals surface area contributed by atoms with Gasteiger partial charge in [0.2, 0.25) is 11.8 Å². The fourth-order valence-electron chi connectivity index (χ4n) is 2.20. The van der Waals surface area contributed by atoms with Crippen LogP contribution >= 0.6 is 0 Å². The lowest BCUT2D eigenvalue weighted by Crippen LogP contribution is -2.36. The highest BCUT2D eigenvalue weighted by atomic mass is 16.2. The number of rotatable bonds is 8. The van der Waals surface area contributed by atoms with Crippen molar-refractivity contribution >= 4 is 17.5 Å². The Balaban J connectivity index is 2.53. The molecule has 0 aliphatic heterocycles. The summed E-state index contributed by atoms with van der Waals surface area (Å²) in [4.78, 5) is 25.7. The molecule has 0 aliphatic carbocycles. The van der Waals surface area contributed by atoms with Gasteiger partial charge in [-0.1, -0.05) is 31.9 Å². The Morgan fingerprint density at radius 1 is 1.19 bits per heavy atom. The summed E-state index contributed by atoms with van der Waals surface area (Å²) in [7, 11) is 0. The summed E-state index contributed by atoms with van der Waals surface area (Å²) in [6.07, 6.45) is 3.09. The minimum atomic E-state index is -0.192. The molecule has 0 aromatic heterocycles. The first kappa shape index (κ1) is 17.2. The monoisotopic (exact) mass is 290 g/mol. The van der Waals surface area contributed by atoms with Gasteiger partial charge in [-0.2, -0.15) is 0 Å². The van der Waals surface area contributed by atoms with Crippen LogP contribution in [0, 0.1) is 6.92 Å². The lowest BCUT2D eigenvalue weighted by molar-refractivity contribution is -0.127. The maximum Gasteiger partial charge on any atom is 0.236 e. The molecule has 1 rings (SSSR count). The minimum absolute atomic E-state index is 0.0894. The summed E-state index contributed by atoms with van der Waals surface area (Å²) in [5.74, 6) is -0.349. The van der Waals surface area contributed by atoms with E-state index in [2.05, 4.69) is 12.2 Å². The van der Waals surface area contributed by atoms with Crippen molar-refractivity contribution in [3.05, 3.63) is 29.8 Å². The van der Waals surface area contributed by atoms with Crippen molar-refractivity contribution in [1.82, 2.24) is 5.32 Å². The molecule has 0 saturated carbocycles. The Labute approximate surface area is 127 Å². The fourth-order valence-corrected chi connectivity index (χ4v) is 2.20. The van der Waals surface area contributed by atoms with E-state index in [9.17, 15) is 9.59 Å². The van der Waals surface area contributed by atoms with Crippen LogP contribution in [0.1, 0.15) is 45.1 Å². The molecular weight excluding hydrogens is 264 g/mol. The molecule has 0 spiro atoms. The minimum Gasteiger partial charge on any atom is -0.356 e. The molecule has 116 valence electrons. The number of carbonyl (C=O) groups excluding carboxylic acids is 2. The van der Waals surface area contributed by atoms with Gasteiger partial charge in [-0.3, -0.25) is 9.59 Å². The number of anilines is 1. The maximum absolute atomic E-state index is 12.3. The van der Waals surface area contributed by atoms with Gasteiger partial charge in [0.1, 0.15) is 6.42 Å². The molecule has 2 amide bonds. The molecule has 0 heterocycles. The van der Waals surface area contributed by atoms with Crippen LogP contribution in [0.25, 0.3) is 0 Å². The summed E-state index contributed by atoms with van der Waals surface area (Å²) < 4.78 is 0. The largest absolute Gasteiger partial charge is 0.356 e. The van der Waals surface area contributed by atoms with Gasteiger partial charge >= 0.3 is 0 Å². The molecule has 0 radical (unpaired) electrons. The molecule has 1 N–H and O–H groups in total. The number of aryl methyl sites for hydroxylation is 1. The Kier molecular flexibility index (Phi) is 7.51. The van der Waals surface area contributed by atoms with Crippen molar-refractivity contribution in [3.63, 3.8) is 0 Å². The highest BCUT2D eigenvalue weighted by molar-refractivity contribution is 6.04. The van der Waals surface area contributed by atoms with Crippen LogP contribution < -0.4 is 10.2 Å². The van der Waals surface area contributed by atoms with Crippen molar-refractivity contribution in [2.45, 2.75) is 46.5 Å². The summed E-state index contributed by atoms with van der Waals surface area (Å²) >= 11 is 0. The number of amides is 2. The number of benzene rings is 1. The standard InChI is InChI=1S/C17H26N2O2/c1-4-6-7-11-18-16(20)13-17(21)19(5-2)15-10-8-9-14(3)12-15/h8-10,12H,4-7,11,13H2,1-3H3,(H,18,20). The molecule has 4 heteroatoms. The van der Waals surface area contributed by atoms with Gasteiger partial charge in [0.25, 0.3) is 0 Å². The Bertz CT molecular complexity index is 472. The number of nitrogens with one attached hydrogen (secondary N) is 1. The van der Waals surface area contributed by atoms with E-state index < -0.39 is 0 Å². The number of carbonyl (C=O) groups is 2. The van der Waals surface area contributed by atoms with E-state index in [1.165, 1.54) is 0 Å². The van der Waals surface area contributed by atoms with E-state index in [0.717, 1.165) is 30.5 Å². The quantitative estimate of drug-likeness (QED) is 0.591. The smallest absolute Gasteiger partial charge is 0.236 e. The number of hydrogen-bond donors (Lipinski definition) is 1. The van der Waals surface area contributed by atoms with Crippen LogP contribution in [0.15, 0.2) is 24.3 Å². The average molecular weight is 290 g/mol. The Hall–Kier alpha value is -1.84. The topological polar surface area (TPSA) is 49.4 Å². The molecular formula is C17H26N2O2. The predicted molar refractivity (Wildman–Crippen MR) is 86.4 cm³/mol. The molecule has 21 heavy (non-hydrogen) atoms. The Morgan fingerprint density at radius 3 is 2.57 bits per heavy atom. The normalized spacial score (nSPS) is 10.2. The fraction of sp³-hybridized carbons (Fsp3) is 0.529. The van der Waals surface area contributed by atoms with Gasteiger partial charge in [0, 0.05) is 18.8 Å². The summed E-state index contributed by atoms with van der Waals surface area (Å²) in [5.41, 5.74) is 1.95. The average Bonchev–Trinajstić information content (AvgIpc) is 2.44. The van der Waals surface area contributed by atoms with Gasteiger partial charge in [0.05, 0.1) is 0 Å². The van der Waals surface area contributed by atoms with E-state index in [4.69, 9.17) is 0 Å². The third-order valence-electron chi connectivity index (χ3n) is 3.34. The molecule has 0 unspecified atom stereocenters. The lowest BCUT2D eigenvalue weighted by Gasteiger charge is -2.21. The molecule has 0 aliphatic rings. The SMILES string of the molecule is CCCCCNC(=O)CC(=O)N(CC)c1cccc(C)c1. The van der Waals surface area contributed by atoms with Gasteiger partial charge < -0.3 is 10.2 Å². The maximum atomic E-state index is 12.3. The molecule has 0 atom stereocenters. The van der Waals surface area contributed by atoms with Gasteiger partial charge in [-0.05, 0) is 38.0 Å². The van der Waals surface area contributed by atoms with Crippen LogP contribution in [0.2, 0.25) is 0 Å². The lowest BCUT2D eigenvalue weighted by atomic mass is 10.2. The van der Waals surface area contributed by atoms with Gasteiger partial charge in [0.15, 0.2) is 0 Å². The first-order chi connectivity index (χ1) is 10.1. The highest BCUT2D eigenvalue weighted by Gasteiger charge is 2.17. The zero-order chi connectivity index (χ0) is 15.7. The van der Waals surface area contributed by atoms with Crippen LogP contribution in [0.3, 0.4) is 0 Å². The zero-order valence-corrected chi connectivity index (χ0v) is 13.3. The first-order valence-corrected chi connectivity index (χ1v) is 7.72. The van der Waals surface area contributed by atoms with Crippen LogP contribution in [0.5, 0.6) is 0 Å². The van der Waals surface area contributed by atoms with Crippen LogP contribution in [0.4, 0.5) is 5.69 Å². The molecule has 0 saturated heterocycles. The second-order valence-electron chi connectivity index (χ2n) is 5.21. The van der Waals surface area contributed by atoms with Gasteiger partial charge in [-0.25, -0.2) is 0 Å². The second kappa shape index (κ2) is 9.16. The molecule has 4 nitrogen and oxygen atoms in total. The third kappa shape index (κ3) is 5.98. The second-order valence-corrected chi connectivity index (χ2v) is 5.21. The third-order valence-corrected chi connectivity index (χ3v) is 3.34. The van der Waals surface area contributed by atoms with E-state index in [1.54, 1.807) is 4.90 Å². The predicted octanol–water partition coefficient (Wildman–Crippen LogP) is 3.04. The Morgan fingerprint density at radius 2 is 1.95 bits per heavy atom. The van der Waals surface area contributed by atoms with Crippen molar-refractivity contribution < 1.29 is 9.59 Å². The van der Waals surface area contributed by atoms with E-state index >= 15 is 0 Å². The highest BCUT2D eigenvalue weighted by Crippen LogP contribution is 2.16. The van der Waals surface area contributed by atoms with Gasteiger partial charge in [-0.15, -0.1) is 0 Å². The number of hydrogen-bond acceptors (Lipinski definition) is 2. The molecule has 0 bridgehead atoms. The number of nitrogens with zero attached hydrogens (tertiary/aromatic N) is 1. The summed E-state index contributed by atoms with van der Waals surface area (Å²) in [6.45, 7) is 7.23. The van der Waals surface area contributed by atoms with Crippen LogP contribution in [-0.4, -0.2) is 24.9 Å². The zero-order valence-electron chi connectivity index (χ0n) is 13.3. The van der Waals surface area contributed by atoms with Crippen molar-refractivity contribution in [1.29, 1.82) is 0 Å². The van der Waals surface area contributed by atoms with E-state index in [-0.39, 0.29) is 18.2 Å². The van der Waals surface area contributed by atoms with Crippen LogP contribution in [-0.2, 0) is 9.59 Å². The first-order valence-electron chi connectivity index (χ1n) is 7.72. The number of unbranched alkanes of at least 4 members (excludes halogenated alkanes) is 2. The van der Waals surface area contributed by atoms with E-state index in [0.29, 0.717) is 13.1 Å². The van der Waals surface area contributed by atoms with Crippen molar-refractivity contribution in [3.8, 4) is 0 Å². The molecule has 0 fully saturated rings. The summed E-state index contributed by atoms with van der Waals surface area (Å²) in [6, 6.07) is 7.77. The van der Waals surface area contributed by atoms with Crippen molar-refractivity contribution in [2.75, 3.05) is 18.0 Å². The van der Waals surface area contributed by atoms with Crippen molar-refractivity contribution in [2.24, 2.45) is 0 Å². The van der Waals surface area contributed by atoms with E-state index in [1.807, 2.05) is 38.1 Å². The molecule has 1 aromatic carbocycles. The summed E-state index contributed by atoms with van der Waals surface area (Å²) in [5, 5.41) is 2.80.